The molecule has 0 N–H and O–H groups in total. The summed E-state index contributed by atoms with van der Waals surface area (Å²) in [6.07, 6.45) is 0.967. The molecule has 0 saturated carbocycles. The Balaban J connectivity index is 3.52. The fourth-order valence-electron chi connectivity index (χ4n) is 0.600. The minimum Gasteiger partial charge on any atom is -0.346 e. The van der Waals surface area contributed by atoms with Gasteiger partial charge in [0, 0.05) is 20.0 Å². The van der Waals surface area contributed by atoms with E-state index in [-0.39, 0.29) is 5.91 Å². The van der Waals surface area contributed by atoms with Gasteiger partial charge in [0.15, 0.2) is 0 Å². The molecule has 0 atom stereocenters. The molecular formula is C7H13Cl2NO. The second kappa shape index (κ2) is 5.67. The predicted octanol–water partition coefficient (Wildman–Crippen LogP) is 2.05. The first kappa shape index (κ1) is 11.1. The van der Waals surface area contributed by atoms with Gasteiger partial charge in [-0.05, 0) is 13.3 Å². The number of amides is 1. The van der Waals surface area contributed by atoms with Crippen molar-refractivity contribution >= 4 is 29.1 Å². The summed E-state index contributed by atoms with van der Waals surface area (Å²) in [5.74, 6) is 0.0961. The summed E-state index contributed by atoms with van der Waals surface area (Å²) in [6, 6.07) is 0. The molecule has 11 heavy (non-hydrogen) atoms. The van der Waals surface area contributed by atoms with Crippen molar-refractivity contribution in [3.8, 4) is 0 Å². The van der Waals surface area contributed by atoms with Gasteiger partial charge in [0.2, 0.25) is 5.91 Å². The van der Waals surface area contributed by atoms with Crippen LogP contribution in [0.25, 0.3) is 0 Å². The van der Waals surface area contributed by atoms with Crippen molar-refractivity contribution in [1.82, 2.24) is 4.90 Å². The second-order valence-electron chi connectivity index (χ2n) is 2.34. The van der Waals surface area contributed by atoms with Crippen molar-refractivity contribution in [2.45, 2.75) is 24.6 Å². The zero-order valence-electron chi connectivity index (χ0n) is 6.81. The highest BCUT2D eigenvalue weighted by Crippen LogP contribution is 2.10. The van der Waals surface area contributed by atoms with Crippen LogP contribution in [0.15, 0.2) is 0 Å². The fraction of sp³-hybridized carbons (Fsp3) is 0.857. The van der Waals surface area contributed by atoms with Crippen LogP contribution in [0.4, 0.5) is 0 Å². The summed E-state index contributed by atoms with van der Waals surface area (Å²) < 4.78 is 0. The van der Waals surface area contributed by atoms with Crippen molar-refractivity contribution in [2.24, 2.45) is 0 Å². The number of carbonyl (C=O) groups is 1. The molecule has 0 aliphatic rings. The molecule has 0 aromatic heterocycles. The Morgan fingerprint density at radius 1 is 1.55 bits per heavy atom. The van der Waals surface area contributed by atoms with Gasteiger partial charge in [0.25, 0.3) is 0 Å². The molecule has 1 amide bonds. The Morgan fingerprint density at radius 3 is 2.45 bits per heavy atom. The molecule has 2 nitrogen and oxygen atoms in total. The van der Waals surface area contributed by atoms with E-state index in [2.05, 4.69) is 0 Å². The highest BCUT2D eigenvalue weighted by atomic mass is 35.5. The van der Waals surface area contributed by atoms with Gasteiger partial charge in [0.1, 0.15) is 4.84 Å². The Labute approximate surface area is 77.5 Å². The lowest BCUT2D eigenvalue weighted by atomic mass is 10.3. The molecule has 0 saturated heterocycles. The number of rotatable bonds is 4. The van der Waals surface area contributed by atoms with E-state index >= 15 is 0 Å². The van der Waals surface area contributed by atoms with E-state index in [1.807, 2.05) is 6.92 Å². The standard InChI is InChI=1S/C7H13Cl2NO/c1-3-10(2)7(11)5-4-6(8)9/h6H,3-5H2,1-2H3. The summed E-state index contributed by atoms with van der Waals surface area (Å²) in [5, 5.41) is 0. The molecule has 0 aromatic rings. The van der Waals surface area contributed by atoms with Gasteiger partial charge in [-0.25, -0.2) is 0 Å². The lowest BCUT2D eigenvalue weighted by Crippen LogP contribution is -2.26. The molecule has 0 aliphatic heterocycles. The summed E-state index contributed by atoms with van der Waals surface area (Å²) >= 11 is 10.9. The normalized spacial score (nSPS) is 10.3. The van der Waals surface area contributed by atoms with Gasteiger partial charge in [-0.3, -0.25) is 4.79 Å². The average Bonchev–Trinajstić information content (AvgIpc) is 1.98. The lowest BCUT2D eigenvalue weighted by molar-refractivity contribution is -0.129. The first-order chi connectivity index (χ1) is 5.07. The molecule has 66 valence electrons. The van der Waals surface area contributed by atoms with Gasteiger partial charge in [-0.15, -0.1) is 23.2 Å². The molecule has 0 bridgehead atoms. The van der Waals surface area contributed by atoms with E-state index < -0.39 is 4.84 Å². The largest absolute Gasteiger partial charge is 0.346 e. The third-order valence-corrected chi connectivity index (χ3v) is 1.91. The lowest BCUT2D eigenvalue weighted by Gasteiger charge is -2.13. The van der Waals surface area contributed by atoms with E-state index in [1.165, 1.54) is 0 Å². The maximum atomic E-state index is 11.1. The molecule has 0 unspecified atom stereocenters. The fourth-order valence-corrected chi connectivity index (χ4v) is 0.818. The predicted molar refractivity (Wildman–Crippen MR) is 48.0 cm³/mol. The molecule has 0 fully saturated rings. The highest BCUT2D eigenvalue weighted by Gasteiger charge is 2.08. The third kappa shape index (κ3) is 5.33. The van der Waals surface area contributed by atoms with Gasteiger partial charge in [-0.2, -0.15) is 0 Å². The van der Waals surface area contributed by atoms with E-state index in [1.54, 1.807) is 11.9 Å². The summed E-state index contributed by atoms with van der Waals surface area (Å²) in [5.41, 5.74) is 0. The topological polar surface area (TPSA) is 20.3 Å². The Bertz CT molecular complexity index is 128. The number of hydrogen-bond donors (Lipinski definition) is 0. The summed E-state index contributed by atoms with van der Waals surface area (Å²) in [6.45, 7) is 2.66. The van der Waals surface area contributed by atoms with Crippen molar-refractivity contribution in [2.75, 3.05) is 13.6 Å². The Hall–Kier alpha value is 0.0500. The maximum absolute atomic E-state index is 11.1. The van der Waals surface area contributed by atoms with E-state index in [0.29, 0.717) is 12.8 Å². The van der Waals surface area contributed by atoms with Crippen LogP contribution in [0.2, 0.25) is 0 Å². The molecule has 0 heterocycles. The summed E-state index contributed by atoms with van der Waals surface area (Å²) in [4.78, 5) is 12.3. The molecule has 0 aliphatic carbocycles. The zero-order valence-corrected chi connectivity index (χ0v) is 8.32. The highest BCUT2D eigenvalue weighted by molar-refractivity contribution is 6.44. The first-order valence-corrected chi connectivity index (χ1v) is 4.47. The number of alkyl halides is 2. The second-order valence-corrected chi connectivity index (χ2v) is 3.61. The van der Waals surface area contributed by atoms with Crippen LogP contribution in [0.5, 0.6) is 0 Å². The third-order valence-electron chi connectivity index (χ3n) is 1.48. The Morgan fingerprint density at radius 2 is 2.09 bits per heavy atom. The minimum atomic E-state index is -0.427. The van der Waals surface area contributed by atoms with Crippen LogP contribution < -0.4 is 0 Å². The van der Waals surface area contributed by atoms with Crippen LogP contribution in [-0.4, -0.2) is 29.2 Å². The molecular weight excluding hydrogens is 185 g/mol. The van der Waals surface area contributed by atoms with Gasteiger partial charge >= 0.3 is 0 Å². The number of halogens is 2. The Kier molecular flexibility index (Phi) is 5.69. The average molecular weight is 198 g/mol. The smallest absolute Gasteiger partial charge is 0.222 e. The minimum absolute atomic E-state index is 0.0961. The van der Waals surface area contributed by atoms with Crippen LogP contribution in [0.1, 0.15) is 19.8 Å². The molecule has 0 rings (SSSR count). The van der Waals surface area contributed by atoms with Crippen molar-refractivity contribution in [1.29, 1.82) is 0 Å². The monoisotopic (exact) mass is 197 g/mol. The molecule has 0 spiro atoms. The first-order valence-electron chi connectivity index (χ1n) is 3.60. The molecule has 0 aromatic carbocycles. The van der Waals surface area contributed by atoms with E-state index in [4.69, 9.17) is 23.2 Å². The van der Waals surface area contributed by atoms with Crippen molar-refractivity contribution < 1.29 is 4.79 Å². The quantitative estimate of drug-likeness (QED) is 0.633. The summed E-state index contributed by atoms with van der Waals surface area (Å²) in [7, 11) is 1.76. The number of nitrogens with zero attached hydrogens (tertiary/aromatic N) is 1. The van der Waals surface area contributed by atoms with Crippen molar-refractivity contribution in [3.63, 3.8) is 0 Å². The van der Waals surface area contributed by atoms with Crippen LogP contribution in [-0.2, 0) is 4.79 Å². The van der Waals surface area contributed by atoms with Crippen molar-refractivity contribution in [3.05, 3.63) is 0 Å². The van der Waals surface area contributed by atoms with Gasteiger partial charge in [-0.1, -0.05) is 0 Å². The zero-order chi connectivity index (χ0) is 8.85. The van der Waals surface area contributed by atoms with Crippen LogP contribution in [0, 0.1) is 0 Å². The molecule has 0 radical (unpaired) electrons. The number of hydrogen-bond acceptors (Lipinski definition) is 1. The van der Waals surface area contributed by atoms with Crippen LogP contribution in [0.3, 0.4) is 0 Å². The SMILES string of the molecule is CCN(C)C(=O)CCC(Cl)Cl. The maximum Gasteiger partial charge on any atom is 0.222 e. The van der Waals surface area contributed by atoms with Gasteiger partial charge < -0.3 is 4.90 Å². The van der Waals surface area contributed by atoms with E-state index in [0.717, 1.165) is 6.54 Å². The van der Waals surface area contributed by atoms with Crippen LogP contribution >= 0.6 is 23.2 Å². The van der Waals surface area contributed by atoms with Gasteiger partial charge in [0.05, 0.1) is 0 Å². The molecule has 4 heteroatoms. The number of carbonyl (C=O) groups excluding carboxylic acids is 1. The van der Waals surface area contributed by atoms with E-state index in [9.17, 15) is 4.79 Å².